The van der Waals surface area contributed by atoms with Gasteiger partial charge < -0.3 is 62.7 Å². The molecule has 0 aliphatic heterocycles. The van der Waals surface area contributed by atoms with Crippen LogP contribution in [0.4, 0.5) is 0 Å². The molecule has 8 aromatic rings. The normalized spacial score (nSPS) is 11.9. The molecule has 510 valence electrons. The Kier molecular flexibility index (Phi) is 30.5. The molecule has 16 nitrogen and oxygen atoms in total. The molecule has 0 saturated carbocycles. The van der Waals surface area contributed by atoms with E-state index in [1.54, 1.807) is 128 Å². The molecular formula is C75H89N5O11S5. The van der Waals surface area contributed by atoms with Crippen molar-refractivity contribution in [3.05, 3.63) is 244 Å². The topological polar surface area (TPSA) is 284 Å². The van der Waals surface area contributed by atoms with Crippen LogP contribution in [-0.2, 0) is 40.8 Å². The molecule has 1 unspecified atom stereocenters. The number of rotatable bonds is 31. The molecule has 0 spiro atoms. The van der Waals surface area contributed by atoms with E-state index in [1.165, 1.54) is 0 Å². The second-order valence-electron chi connectivity index (χ2n) is 23.9. The molecule has 1 atom stereocenters. The molecular weight excluding hydrogens is 1310 g/mol. The van der Waals surface area contributed by atoms with E-state index in [-0.39, 0.29) is 89.6 Å². The third kappa shape index (κ3) is 23.4. The highest BCUT2D eigenvalue weighted by molar-refractivity contribution is 8.77. The number of aromatic hydroxyl groups is 7. The predicted octanol–water partition coefficient (Wildman–Crippen LogP) is 12.9. The largest absolute Gasteiger partial charge is 0.508 e. The summed E-state index contributed by atoms with van der Waals surface area (Å²) in [5.41, 5.74) is 11.7. The summed E-state index contributed by atoms with van der Waals surface area (Å²) >= 11 is 4.10. The van der Waals surface area contributed by atoms with Gasteiger partial charge in [0.2, 0.25) is 23.6 Å². The number of amides is 4. The molecule has 8 rings (SSSR count). The highest BCUT2D eigenvalue weighted by Gasteiger charge is 2.36. The summed E-state index contributed by atoms with van der Waals surface area (Å²) in [7, 11) is 6.70. The maximum Gasteiger partial charge on any atom is 0.221 e. The lowest BCUT2D eigenvalue weighted by molar-refractivity contribution is -0.122. The summed E-state index contributed by atoms with van der Waals surface area (Å²) in [6, 6.07) is 56.5. The lowest BCUT2D eigenvalue weighted by Crippen LogP contribution is -2.35. The predicted molar refractivity (Wildman–Crippen MR) is 397 cm³/mol. The Bertz CT molecular complexity index is 3380. The Balaban J connectivity index is 0.000000247. The first-order valence-corrected chi connectivity index (χ1v) is 37.0. The third-order valence-corrected chi connectivity index (χ3v) is 21.7. The van der Waals surface area contributed by atoms with E-state index < -0.39 is 21.7 Å². The molecule has 0 radical (unpaired) electrons. The van der Waals surface area contributed by atoms with Gasteiger partial charge in [0.25, 0.3) is 0 Å². The van der Waals surface area contributed by atoms with Crippen LogP contribution in [0, 0.1) is 6.92 Å². The Hall–Kier alpha value is -8.05. The van der Waals surface area contributed by atoms with Gasteiger partial charge in [-0.25, -0.2) is 0 Å². The highest BCUT2D eigenvalue weighted by Crippen LogP contribution is 2.41. The fourth-order valence-electron chi connectivity index (χ4n) is 10.9. The monoisotopic (exact) mass is 1400 g/mol. The van der Waals surface area contributed by atoms with E-state index in [0.29, 0.717) is 44.2 Å². The lowest BCUT2D eigenvalue weighted by atomic mass is 9.73. The number of hydrogen-bond donors (Lipinski definition) is 13. The second kappa shape index (κ2) is 38.0. The molecule has 21 heteroatoms. The number of nitrogens with one attached hydrogen (secondary N) is 4. The summed E-state index contributed by atoms with van der Waals surface area (Å²) in [6.07, 6.45) is 1.01. The molecule has 4 amide bonds. The summed E-state index contributed by atoms with van der Waals surface area (Å²) in [6.45, 7) is 12.9. The minimum Gasteiger partial charge on any atom is -0.508 e. The highest BCUT2D eigenvalue weighted by atomic mass is 33.1. The summed E-state index contributed by atoms with van der Waals surface area (Å²) in [5.74, 6) is 4.75. The van der Waals surface area contributed by atoms with Crippen LogP contribution >= 0.6 is 55.8 Å². The standard InChI is InChI=1S/C37H42N2O5S2.C20H26N2O3S2.C18H21NO3S/c1-26-4-6-27(7-5-26)36(2,28-8-14-31(40)15-9-28)24-34(43)38-20-22-45-46-23-21-39-35(44)25-37(3,29-10-16-32(41)17-11-29)30-12-18-33(42)19-13-30;1-20(15-2-6-17(23)7-3-15,16-4-8-18(24)9-5-16)14-19(25)22-11-13-27-26-12-10-21;1-18(12-17(22)19-10-11-23,13-2-6-15(20)7-3-13)14-4-8-16(21)9-5-14/h4-19,40-42H,20-25H2,1-3H3,(H,38,43)(H,39,44);2-9,23-24H,10-14,21H2,1H3,(H,22,25);2-9,20-21,23H,10-12H2,1H3,(H,19,22). The van der Waals surface area contributed by atoms with Crippen molar-refractivity contribution in [2.45, 2.75) is 82.0 Å². The zero-order chi connectivity index (χ0) is 69.7. The number of hydrogen-bond acceptors (Lipinski definition) is 17. The van der Waals surface area contributed by atoms with Crippen molar-refractivity contribution in [3.8, 4) is 40.2 Å². The van der Waals surface area contributed by atoms with Gasteiger partial charge in [-0.15, -0.1) is 0 Å². The number of carbonyl (C=O) groups excluding carboxylic acids is 4. The van der Waals surface area contributed by atoms with Gasteiger partial charge in [0, 0.05) is 109 Å². The average Bonchev–Trinajstić information content (AvgIpc) is 0.816. The Morgan fingerprint density at radius 1 is 0.323 bits per heavy atom. The minimum atomic E-state index is -0.649. The van der Waals surface area contributed by atoms with E-state index in [9.17, 15) is 54.9 Å². The van der Waals surface area contributed by atoms with Gasteiger partial charge in [-0.2, -0.15) is 12.6 Å². The van der Waals surface area contributed by atoms with Gasteiger partial charge in [0.05, 0.1) is 0 Å². The number of benzene rings is 8. The first-order valence-electron chi connectivity index (χ1n) is 31.4. The zero-order valence-electron chi connectivity index (χ0n) is 54.8. The van der Waals surface area contributed by atoms with Crippen molar-refractivity contribution in [1.29, 1.82) is 0 Å². The van der Waals surface area contributed by atoms with Crippen molar-refractivity contribution >= 4 is 79.4 Å². The van der Waals surface area contributed by atoms with Gasteiger partial charge >= 0.3 is 0 Å². The van der Waals surface area contributed by atoms with Crippen LogP contribution in [0.1, 0.15) is 103 Å². The van der Waals surface area contributed by atoms with Crippen molar-refractivity contribution < 1.29 is 54.9 Å². The molecule has 0 aliphatic rings. The Morgan fingerprint density at radius 2 is 0.500 bits per heavy atom. The summed E-state index contributed by atoms with van der Waals surface area (Å²) < 4.78 is 0. The van der Waals surface area contributed by atoms with Crippen LogP contribution in [0.25, 0.3) is 0 Å². The van der Waals surface area contributed by atoms with E-state index in [1.807, 2.05) is 125 Å². The van der Waals surface area contributed by atoms with Gasteiger partial charge in [-0.05, 0) is 136 Å². The molecule has 96 heavy (non-hydrogen) atoms. The van der Waals surface area contributed by atoms with Crippen LogP contribution in [-0.4, -0.2) is 121 Å². The number of phenols is 7. The summed E-state index contributed by atoms with van der Waals surface area (Å²) in [5, 5.41) is 79.4. The SMILES string of the molecule is CC(CC(=O)NCCS)(c1ccc(O)cc1)c1ccc(O)cc1.CC(CC(=O)NCCSSCCN)(c1ccc(O)cc1)c1ccc(O)cc1.Cc1ccc(C(C)(CC(=O)NCCSSCCNC(=O)CC(C)(c2ccc(O)cc2)c2ccc(O)cc2)c2ccc(O)cc2)cc1. The Morgan fingerprint density at radius 3 is 0.688 bits per heavy atom. The number of thiol groups is 1. The van der Waals surface area contributed by atoms with Gasteiger partial charge in [0.15, 0.2) is 0 Å². The van der Waals surface area contributed by atoms with Crippen LogP contribution in [0.5, 0.6) is 40.2 Å². The number of aryl methyl sites for hydroxylation is 1. The smallest absolute Gasteiger partial charge is 0.221 e. The molecule has 0 aromatic heterocycles. The fraction of sp³-hybridized carbons (Fsp3) is 0.307. The number of carbonyl (C=O) groups is 4. The van der Waals surface area contributed by atoms with Gasteiger partial charge in [0.1, 0.15) is 40.2 Å². The van der Waals surface area contributed by atoms with Crippen molar-refractivity contribution in [3.63, 3.8) is 0 Å². The van der Waals surface area contributed by atoms with Crippen LogP contribution in [0.2, 0.25) is 0 Å². The Labute approximate surface area is 585 Å². The second-order valence-corrected chi connectivity index (χ2v) is 29.8. The van der Waals surface area contributed by atoms with Crippen LogP contribution in [0.3, 0.4) is 0 Å². The molecule has 0 aliphatic carbocycles. The molecule has 0 bridgehead atoms. The maximum atomic E-state index is 13.1. The molecule has 0 heterocycles. The molecule has 13 N–H and O–H groups in total. The fourth-order valence-corrected chi connectivity index (χ4v) is 14.6. The van der Waals surface area contributed by atoms with Crippen LogP contribution < -0.4 is 27.0 Å². The molecule has 8 aromatic carbocycles. The van der Waals surface area contributed by atoms with Crippen LogP contribution in [0.15, 0.2) is 194 Å². The number of nitrogens with two attached hydrogens (primary N) is 1. The van der Waals surface area contributed by atoms with Gasteiger partial charge in [-0.1, -0.05) is 186 Å². The van der Waals surface area contributed by atoms with Crippen molar-refractivity contribution in [2.24, 2.45) is 5.73 Å². The zero-order valence-corrected chi connectivity index (χ0v) is 59.0. The quantitative estimate of drug-likeness (QED) is 0.0109. The van der Waals surface area contributed by atoms with Gasteiger partial charge in [-0.3, -0.25) is 19.2 Å². The first kappa shape index (κ1) is 77.0. The third-order valence-electron chi connectivity index (χ3n) is 16.6. The first-order chi connectivity index (χ1) is 45.9. The molecule has 0 saturated heterocycles. The van der Waals surface area contributed by atoms with E-state index in [4.69, 9.17) is 5.73 Å². The number of phenolic OH excluding ortho intramolecular Hbond substituents is 7. The summed E-state index contributed by atoms with van der Waals surface area (Å²) in [4.78, 5) is 50.9. The van der Waals surface area contributed by atoms with Crippen molar-refractivity contribution in [2.75, 3.05) is 61.5 Å². The maximum absolute atomic E-state index is 13.1. The minimum absolute atomic E-state index is 0.0388. The average molecular weight is 1400 g/mol. The molecule has 0 fully saturated rings. The lowest BCUT2D eigenvalue weighted by Gasteiger charge is -2.31. The van der Waals surface area contributed by atoms with E-state index >= 15 is 0 Å². The van der Waals surface area contributed by atoms with Crippen molar-refractivity contribution in [1.82, 2.24) is 21.3 Å². The van der Waals surface area contributed by atoms with E-state index in [2.05, 4.69) is 53.0 Å². The van der Waals surface area contributed by atoms with E-state index in [0.717, 1.165) is 67.3 Å².